The highest BCUT2D eigenvalue weighted by molar-refractivity contribution is 5.73. The fraction of sp³-hybridized carbons (Fsp3) is 0.455. The van der Waals surface area contributed by atoms with Gasteiger partial charge in [0.1, 0.15) is 5.76 Å². The van der Waals surface area contributed by atoms with Crippen molar-refractivity contribution >= 4 is 11.9 Å². The van der Waals surface area contributed by atoms with Gasteiger partial charge in [-0.25, -0.2) is 0 Å². The Balaban J connectivity index is 2.87. The van der Waals surface area contributed by atoms with Gasteiger partial charge in [0.25, 0.3) is 0 Å². The largest absolute Gasteiger partial charge is 0.469 e. The van der Waals surface area contributed by atoms with Gasteiger partial charge in [-0.1, -0.05) is 0 Å². The number of ether oxygens (including phenoxy) is 2. The van der Waals surface area contributed by atoms with Crippen LogP contribution in [0.1, 0.15) is 25.7 Å². The van der Waals surface area contributed by atoms with E-state index in [1.165, 1.54) is 20.3 Å². The summed E-state index contributed by atoms with van der Waals surface area (Å²) in [6.45, 7) is 2.89. The lowest BCUT2D eigenvalue weighted by molar-refractivity contribution is -0.159. The molecule has 0 aliphatic carbocycles. The molecule has 0 amide bonds. The van der Waals surface area contributed by atoms with E-state index < -0.39 is 24.0 Å². The van der Waals surface area contributed by atoms with Gasteiger partial charge in [-0.15, -0.1) is 0 Å². The molecule has 0 saturated carbocycles. The van der Waals surface area contributed by atoms with Crippen LogP contribution in [0.3, 0.4) is 0 Å². The molecular formula is C11H14O5. The zero-order chi connectivity index (χ0) is 12.1. The second-order valence-corrected chi connectivity index (χ2v) is 3.36. The molecule has 0 fully saturated rings. The SMILES string of the molecule is COC(=O)C(C)C(OC(C)=O)c1ccco1. The van der Waals surface area contributed by atoms with Crippen molar-refractivity contribution in [3.8, 4) is 0 Å². The van der Waals surface area contributed by atoms with Crippen molar-refractivity contribution in [2.45, 2.75) is 20.0 Å². The van der Waals surface area contributed by atoms with E-state index in [0.29, 0.717) is 5.76 Å². The third kappa shape index (κ3) is 2.85. The first kappa shape index (κ1) is 12.3. The fourth-order valence-electron chi connectivity index (χ4n) is 1.35. The number of methoxy groups -OCH3 is 1. The minimum absolute atomic E-state index is 0.424. The number of esters is 2. The predicted octanol–water partition coefficient (Wildman–Crippen LogP) is 1.69. The molecule has 2 unspecified atom stereocenters. The van der Waals surface area contributed by atoms with Crippen molar-refractivity contribution in [1.29, 1.82) is 0 Å². The van der Waals surface area contributed by atoms with E-state index in [9.17, 15) is 9.59 Å². The molecule has 88 valence electrons. The molecule has 1 heterocycles. The first-order valence-electron chi connectivity index (χ1n) is 4.84. The maximum atomic E-state index is 11.4. The zero-order valence-corrected chi connectivity index (χ0v) is 9.43. The van der Waals surface area contributed by atoms with Crippen LogP contribution >= 0.6 is 0 Å². The summed E-state index contributed by atoms with van der Waals surface area (Å²) in [5.41, 5.74) is 0. The quantitative estimate of drug-likeness (QED) is 0.731. The van der Waals surface area contributed by atoms with Gasteiger partial charge in [-0.05, 0) is 19.1 Å². The van der Waals surface area contributed by atoms with Crippen LogP contribution in [-0.4, -0.2) is 19.0 Å². The molecule has 0 spiro atoms. The molecule has 1 rings (SSSR count). The molecule has 0 aliphatic heterocycles. The lowest BCUT2D eigenvalue weighted by Crippen LogP contribution is -2.24. The average Bonchev–Trinajstić information content (AvgIpc) is 2.76. The Morgan fingerprint density at radius 3 is 2.56 bits per heavy atom. The van der Waals surface area contributed by atoms with Crippen LogP contribution in [0.4, 0.5) is 0 Å². The van der Waals surface area contributed by atoms with Crippen LogP contribution in [0.2, 0.25) is 0 Å². The molecule has 5 nitrogen and oxygen atoms in total. The average molecular weight is 226 g/mol. The van der Waals surface area contributed by atoms with E-state index >= 15 is 0 Å². The summed E-state index contributed by atoms with van der Waals surface area (Å²) >= 11 is 0. The zero-order valence-electron chi connectivity index (χ0n) is 9.43. The van der Waals surface area contributed by atoms with Crippen molar-refractivity contribution in [2.24, 2.45) is 5.92 Å². The van der Waals surface area contributed by atoms with E-state index in [1.807, 2.05) is 0 Å². The molecule has 5 heteroatoms. The maximum Gasteiger partial charge on any atom is 0.312 e. The molecule has 0 aliphatic rings. The summed E-state index contributed by atoms with van der Waals surface area (Å²) in [5.74, 6) is -1.12. The number of carbonyl (C=O) groups excluding carboxylic acids is 2. The Labute approximate surface area is 93.3 Å². The first-order chi connectivity index (χ1) is 7.56. The van der Waals surface area contributed by atoms with Crippen LogP contribution < -0.4 is 0 Å². The molecular weight excluding hydrogens is 212 g/mol. The van der Waals surface area contributed by atoms with Crippen molar-refractivity contribution in [1.82, 2.24) is 0 Å². The third-order valence-electron chi connectivity index (χ3n) is 2.14. The Bertz CT molecular complexity index is 354. The summed E-state index contributed by atoms with van der Waals surface area (Å²) in [6, 6.07) is 3.31. The van der Waals surface area contributed by atoms with Crippen molar-refractivity contribution in [2.75, 3.05) is 7.11 Å². The van der Waals surface area contributed by atoms with Gasteiger partial charge < -0.3 is 13.9 Å². The van der Waals surface area contributed by atoms with Crippen LogP contribution in [0.25, 0.3) is 0 Å². The minimum Gasteiger partial charge on any atom is -0.469 e. The highest BCUT2D eigenvalue weighted by Crippen LogP contribution is 2.27. The monoisotopic (exact) mass is 226 g/mol. The van der Waals surface area contributed by atoms with Crippen molar-refractivity contribution < 1.29 is 23.5 Å². The van der Waals surface area contributed by atoms with Gasteiger partial charge in [-0.3, -0.25) is 9.59 Å². The lowest BCUT2D eigenvalue weighted by Gasteiger charge is -2.19. The molecule has 0 bridgehead atoms. The van der Waals surface area contributed by atoms with E-state index in [2.05, 4.69) is 4.74 Å². The first-order valence-corrected chi connectivity index (χ1v) is 4.84. The van der Waals surface area contributed by atoms with Crippen LogP contribution in [0, 0.1) is 5.92 Å². The van der Waals surface area contributed by atoms with Gasteiger partial charge in [-0.2, -0.15) is 0 Å². The summed E-state index contributed by atoms with van der Waals surface area (Å²) in [6.07, 6.45) is 0.704. The van der Waals surface area contributed by atoms with E-state index in [0.717, 1.165) is 0 Å². The Morgan fingerprint density at radius 2 is 2.12 bits per heavy atom. The molecule has 0 aromatic carbocycles. The van der Waals surface area contributed by atoms with Gasteiger partial charge in [0.2, 0.25) is 0 Å². The summed E-state index contributed by atoms with van der Waals surface area (Å²) in [7, 11) is 1.28. The minimum atomic E-state index is -0.750. The topological polar surface area (TPSA) is 65.7 Å². The third-order valence-corrected chi connectivity index (χ3v) is 2.14. The number of carbonyl (C=O) groups is 2. The lowest BCUT2D eigenvalue weighted by atomic mass is 10.0. The van der Waals surface area contributed by atoms with Crippen LogP contribution in [0.15, 0.2) is 22.8 Å². The molecule has 16 heavy (non-hydrogen) atoms. The van der Waals surface area contributed by atoms with E-state index in [1.54, 1.807) is 19.1 Å². The summed E-state index contributed by atoms with van der Waals surface area (Å²) in [4.78, 5) is 22.3. The Hall–Kier alpha value is -1.78. The van der Waals surface area contributed by atoms with Gasteiger partial charge in [0, 0.05) is 6.92 Å². The Morgan fingerprint density at radius 1 is 1.44 bits per heavy atom. The molecule has 1 aromatic rings. The number of furan rings is 1. The van der Waals surface area contributed by atoms with Gasteiger partial charge in [0.15, 0.2) is 6.10 Å². The molecule has 0 N–H and O–H groups in total. The molecule has 1 aromatic heterocycles. The van der Waals surface area contributed by atoms with Crippen LogP contribution in [0.5, 0.6) is 0 Å². The van der Waals surface area contributed by atoms with E-state index in [4.69, 9.17) is 9.15 Å². The van der Waals surface area contributed by atoms with Gasteiger partial charge in [0.05, 0.1) is 19.3 Å². The molecule has 2 atom stereocenters. The van der Waals surface area contributed by atoms with Crippen molar-refractivity contribution in [3.05, 3.63) is 24.2 Å². The Kier molecular flexibility index (Phi) is 4.10. The normalized spacial score (nSPS) is 13.9. The highest BCUT2D eigenvalue weighted by atomic mass is 16.6. The fourth-order valence-corrected chi connectivity index (χ4v) is 1.35. The summed E-state index contributed by atoms with van der Waals surface area (Å²) in [5, 5.41) is 0. The van der Waals surface area contributed by atoms with Crippen LogP contribution in [-0.2, 0) is 19.1 Å². The second-order valence-electron chi connectivity index (χ2n) is 3.36. The summed E-state index contributed by atoms with van der Waals surface area (Å²) < 4.78 is 14.8. The molecule has 0 saturated heterocycles. The van der Waals surface area contributed by atoms with E-state index in [-0.39, 0.29) is 0 Å². The number of rotatable bonds is 4. The van der Waals surface area contributed by atoms with Crippen molar-refractivity contribution in [3.63, 3.8) is 0 Å². The highest BCUT2D eigenvalue weighted by Gasteiger charge is 2.31. The maximum absolute atomic E-state index is 11.4. The number of hydrogen-bond donors (Lipinski definition) is 0. The predicted molar refractivity (Wildman–Crippen MR) is 54.4 cm³/mol. The number of hydrogen-bond acceptors (Lipinski definition) is 5. The standard InChI is InChI=1S/C11H14O5/c1-7(11(13)14-3)10(16-8(2)12)9-5-4-6-15-9/h4-7,10H,1-3H3. The second kappa shape index (κ2) is 5.34. The molecule has 0 radical (unpaired) electrons. The smallest absolute Gasteiger partial charge is 0.312 e. The van der Waals surface area contributed by atoms with Gasteiger partial charge >= 0.3 is 11.9 Å².